The molecule has 1 aromatic carbocycles. The van der Waals surface area contributed by atoms with Crippen molar-refractivity contribution in [3.8, 4) is 23.1 Å². The minimum Gasteiger partial charge on any atom is -0.492 e. The number of nitrogens with zero attached hydrogens (tertiary/aromatic N) is 7. The first-order valence-electron chi connectivity index (χ1n) is 10.8. The Morgan fingerprint density at radius 2 is 1.91 bits per heavy atom. The molecule has 1 saturated heterocycles. The van der Waals surface area contributed by atoms with Gasteiger partial charge in [-0.05, 0) is 24.3 Å². The zero-order valence-corrected chi connectivity index (χ0v) is 18.9. The van der Waals surface area contributed by atoms with Crippen LogP contribution in [-0.4, -0.2) is 81.6 Å². The van der Waals surface area contributed by atoms with E-state index in [2.05, 4.69) is 20.2 Å². The number of hydrogen-bond acceptors (Lipinski definition) is 8. The van der Waals surface area contributed by atoms with Crippen LogP contribution in [0.25, 0.3) is 22.3 Å². The number of nitrogens with two attached hydrogens (primary N) is 1. The summed E-state index contributed by atoms with van der Waals surface area (Å²) in [6, 6.07) is 7.18. The van der Waals surface area contributed by atoms with E-state index in [0.29, 0.717) is 38.2 Å². The monoisotopic (exact) mass is 488 g/mol. The van der Waals surface area contributed by atoms with Gasteiger partial charge in [0, 0.05) is 45.3 Å². The van der Waals surface area contributed by atoms with Crippen LogP contribution >= 0.6 is 0 Å². The third-order valence-electron chi connectivity index (χ3n) is 5.80. The lowest BCUT2D eigenvalue weighted by molar-refractivity contribution is -0.139. The van der Waals surface area contributed by atoms with Crippen LogP contribution in [0.2, 0.25) is 0 Å². The molecule has 3 heterocycles. The predicted octanol–water partition coefficient (Wildman–Crippen LogP) is 1.40. The molecule has 1 aliphatic rings. The summed E-state index contributed by atoms with van der Waals surface area (Å²) in [6.45, 7) is 3.35. The number of fused-ring (bicyclic) bond motifs is 1. The molecule has 1 fully saturated rings. The Labute approximate surface area is 198 Å². The summed E-state index contributed by atoms with van der Waals surface area (Å²) >= 11 is 0. The molecule has 2 N–H and O–H groups in total. The Balaban J connectivity index is 1.50. The van der Waals surface area contributed by atoms with E-state index in [1.54, 1.807) is 13.1 Å². The lowest BCUT2D eigenvalue weighted by Crippen LogP contribution is -2.49. The van der Waals surface area contributed by atoms with E-state index in [-0.39, 0.29) is 47.3 Å². The van der Waals surface area contributed by atoms with E-state index in [1.165, 1.54) is 16.8 Å². The highest BCUT2D eigenvalue weighted by atomic mass is 19.4. The molecule has 10 nitrogen and oxygen atoms in total. The molecule has 2 aromatic heterocycles. The molecule has 0 bridgehead atoms. The van der Waals surface area contributed by atoms with Crippen LogP contribution in [0, 0.1) is 11.3 Å². The van der Waals surface area contributed by atoms with E-state index in [4.69, 9.17) is 10.5 Å². The fourth-order valence-corrected chi connectivity index (χ4v) is 3.97. The second-order valence-electron chi connectivity index (χ2n) is 8.19. The minimum atomic E-state index is -4.65. The summed E-state index contributed by atoms with van der Waals surface area (Å²) < 4.78 is 48.5. The number of hydrogen-bond donors (Lipinski definition) is 1. The Bertz CT molecular complexity index is 1280. The van der Waals surface area contributed by atoms with Crippen LogP contribution in [0.15, 0.2) is 24.3 Å². The molecule has 184 valence electrons. The highest BCUT2D eigenvalue weighted by Crippen LogP contribution is 2.39. The normalized spacial score (nSPS) is 15.3. The summed E-state index contributed by atoms with van der Waals surface area (Å²) in [6.07, 6.45) is -4.65. The summed E-state index contributed by atoms with van der Waals surface area (Å²) in [5.74, 6) is -0.668. The van der Waals surface area contributed by atoms with Gasteiger partial charge in [-0.2, -0.15) is 18.4 Å². The first kappa shape index (κ1) is 24.4. The number of aryl methyl sites for hydroxylation is 1. The quantitative estimate of drug-likeness (QED) is 0.529. The summed E-state index contributed by atoms with van der Waals surface area (Å²) in [4.78, 5) is 19.2. The number of ether oxygens (including phenoxy) is 1. The maximum Gasteiger partial charge on any atom is 0.419 e. The topological polar surface area (TPSA) is 126 Å². The van der Waals surface area contributed by atoms with Crippen LogP contribution in [-0.2, 0) is 18.0 Å². The number of carbonyl (C=O) groups is 1. The number of primary amides is 1. The number of amides is 1. The van der Waals surface area contributed by atoms with Crippen molar-refractivity contribution in [2.75, 3.05) is 45.9 Å². The highest BCUT2D eigenvalue weighted by Gasteiger charge is 2.35. The molecule has 4 rings (SSSR count). The summed E-state index contributed by atoms with van der Waals surface area (Å²) in [5.41, 5.74) is 5.42. The van der Waals surface area contributed by atoms with Gasteiger partial charge in [0.15, 0.2) is 5.69 Å². The molecule has 0 atom stereocenters. The van der Waals surface area contributed by atoms with Crippen molar-refractivity contribution < 1.29 is 22.7 Å². The number of carbonyl (C=O) groups excluding carboxylic acids is 1. The number of halogens is 3. The van der Waals surface area contributed by atoms with Gasteiger partial charge >= 0.3 is 6.18 Å². The van der Waals surface area contributed by atoms with E-state index in [0.717, 1.165) is 6.07 Å². The van der Waals surface area contributed by atoms with Crippen LogP contribution in [0.5, 0.6) is 5.75 Å². The first-order chi connectivity index (χ1) is 16.7. The molecule has 1 amide bonds. The Kier molecular flexibility index (Phi) is 6.86. The molecule has 3 aromatic rings. The number of nitriles is 1. The van der Waals surface area contributed by atoms with Gasteiger partial charge < -0.3 is 10.5 Å². The van der Waals surface area contributed by atoms with Crippen LogP contribution in [0.1, 0.15) is 11.3 Å². The van der Waals surface area contributed by atoms with Gasteiger partial charge in [-0.3, -0.25) is 14.6 Å². The van der Waals surface area contributed by atoms with Crippen molar-refractivity contribution in [1.29, 1.82) is 5.26 Å². The van der Waals surface area contributed by atoms with Crippen molar-refractivity contribution >= 4 is 16.9 Å². The molecule has 13 heteroatoms. The van der Waals surface area contributed by atoms with Gasteiger partial charge in [0.2, 0.25) is 5.91 Å². The lowest BCUT2D eigenvalue weighted by Gasteiger charge is -2.33. The van der Waals surface area contributed by atoms with E-state index < -0.39 is 11.7 Å². The average Bonchev–Trinajstić information content (AvgIpc) is 3.19. The van der Waals surface area contributed by atoms with Gasteiger partial charge in [0.05, 0.1) is 23.3 Å². The van der Waals surface area contributed by atoms with E-state index in [1.807, 2.05) is 11.0 Å². The molecule has 35 heavy (non-hydrogen) atoms. The van der Waals surface area contributed by atoms with Gasteiger partial charge in [0.25, 0.3) is 0 Å². The molecule has 0 unspecified atom stereocenters. The second kappa shape index (κ2) is 9.85. The summed E-state index contributed by atoms with van der Waals surface area (Å²) in [7, 11) is 1.62. The van der Waals surface area contributed by atoms with Gasteiger partial charge in [-0.15, -0.1) is 5.10 Å². The third kappa shape index (κ3) is 5.50. The average molecular weight is 488 g/mol. The van der Waals surface area contributed by atoms with Crippen molar-refractivity contribution in [3.05, 3.63) is 35.5 Å². The zero-order valence-electron chi connectivity index (χ0n) is 18.9. The Hall–Kier alpha value is -3.76. The smallest absolute Gasteiger partial charge is 0.419 e. The molecular weight excluding hydrogens is 465 g/mol. The molecule has 0 saturated carbocycles. The number of piperazine rings is 1. The van der Waals surface area contributed by atoms with Crippen molar-refractivity contribution in [1.82, 2.24) is 29.8 Å². The zero-order chi connectivity index (χ0) is 25.2. The molecule has 0 radical (unpaired) electrons. The Morgan fingerprint density at radius 1 is 1.20 bits per heavy atom. The number of alkyl halides is 3. The number of aromatic nitrogens is 4. The lowest BCUT2D eigenvalue weighted by atomic mass is 10.1. The number of pyridine rings is 1. The maximum absolute atomic E-state index is 13.9. The van der Waals surface area contributed by atoms with E-state index >= 15 is 0 Å². The number of benzene rings is 1. The second-order valence-corrected chi connectivity index (χ2v) is 8.19. The van der Waals surface area contributed by atoms with Crippen LogP contribution in [0.3, 0.4) is 0 Å². The largest absolute Gasteiger partial charge is 0.492 e. The number of rotatable bonds is 7. The fraction of sp³-hybridized carbons (Fsp3) is 0.409. The standard InChI is InChI=1S/C22H23F3N8O2/c1-31-18-11-16(28-17(12-26)21(18)29-30-31)14-2-3-19(15(10-14)22(23,24)25)35-9-8-32-4-6-33(7-5-32)13-20(27)34/h2-3,10-11H,4-9,13H2,1H3,(H2,27,34). The van der Waals surface area contributed by atoms with Crippen molar-refractivity contribution in [3.63, 3.8) is 0 Å². The molecule has 0 spiro atoms. The fourth-order valence-electron chi connectivity index (χ4n) is 3.97. The van der Waals surface area contributed by atoms with Crippen molar-refractivity contribution in [2.45, 2.75) is 6.18 Å². The third-order valence-corrected chi connectivity index (χ3v) is 5.80. The van der Waals surface area contributed by atoms with Gasteiger partial charge in [0.1, 0.15) is 23.9 Å². The van der Waals surface area contributed by atoms with E-state index in [9.17, 15) is 23.2 Å². The van der Waals surface area contributed by atoms with Crippen LogP contribution < -0.4 is 10.5 Å². The van der Waals surface area contributed by atoms with Crippen molar-refractivity contribution in [2.24, 2.45) is 12.8 Å². The SMILES string of the molecule is Cn1nnc2c(C#N)nc(-c3ccc(OCCN4CCN(CC(N)=O)CC4)c(C(F)(F)F)c3)cc21. The summed E-state index contributed by atoms with van der Waals surface area (Å²) in [5, 5.41) is 17.1. The molecule has 1 aliphatic heterocycles. The molecular formula is C22H23F3N8O2. The molecule has 0 aliphatic carbocycles. The van der Waals surface area contributed by atoms with Crippen LogP contribution in [0.4, 0.5) is 13.2 Å². The minimum absolute atomic E-state index is 0.0181. The predicted molar refractivity (Wildman–Crippen MR) is 119 cm³/mol. The maximum atomic E-state index is 13.9. The first-order valence-corrected chi connectivity index (χ1v) is 10.8. The Morgan fingerprint density at radius 3 is 2.57 bits per heavy atom. The highest BCUT2D eigenvalue weighted by molar-refractivity contribution is 5.83. The van der Waals surface area contributed by atoms with Gasteiger partial charge in [-0.1, -0.05) is 5.21 Å². The van der Waals surface area contributed by atoms with Gasteiger partial charge in [-0.25, -0.2) is 9.67 Å².